The maximum absolute atomic E-state index is 12.5. The van der Waals surface area contributed by atoms with Gasteiger partial charge < -0.3 is 15.5 Å². The molecule has 114 valence electrons. The maximum Gasteiger partial charge on any atom is 0.320 e. The molecule has 1 unspecified atom stereocenters. The summed E-state index contributed by atoms with van der Waals surface area (Å²) in [4.78, 5) is 18.6. The van der Waals surface area contributed by atoms with Crippen LogP contribution in [0.2, 0.25) is 0 Å². The second-order valence-electron chi connectivity index (χ2n) is 5.84. The van der Waals surface area contributed by atoms with Crippen molar-refractivity contribution in [2.45, 2.75) is 38.6 Å². The van der Waals surface area contributed by atoms with E-state index in [2.05, 4.69) is 4.90 Å². The van der Waals surface area contributed by atoms with Crippen molar-refractivity contribution in [3.05, 3.63) is 0 Å². The number of hydrogen-bond donors (Lipinski definition) is 2. The summed E-state index contributed by atoms with van der Waals surface area (Å²) in [6, 6.07) is 0.174. The molecule has 20 heavy (non-hydrogen) atoms. The fourth-order valence-corrected chi connectivity index (χ4v) is 2.96. The second-order valence-corrected chi connectivity index (χ2v) is 5.84. The Hall–Kier alpha value is -1.30. The zero-order valence-electron chi connectivity index (χ0n) is 12.5. The van der Waals surface area contributed by atoms with Gasteiger partial charge in [-0.3, -0.25) is 10.3 Å². The molecule has 0 aromatic rings. The SMILES string of the molecule is CC(C(=N)N)N1CCN(C(=O)N2CCCCCC2)CC1. The molecule has 6 nitrogen and oxygen atoms in total. The number of likely N-dealkylation sites (tertiary alicyclic amines) is 1. The minimum absolute atomic E-state index is 0.0227. The van der Waals surface area contributed by atoms with Gasteiger partial charge in [-0.2, -0.15) is 0 Å². The molecule has 2 aliphatic rings. The van der Waals surface area contributed by atoms with Crippen LogP contribution in [-0.4, -0.2) is 71.9 Å². The molecule has 0 bridgehead atoms. The van der Waals surface area contributed by atoms with Gasteiger partial charge in [0.05, 0.1) is 6.04 Å². The summed E-state index contributed by atoms with van der Waals surface area (Å²) < 4.78 is 0. The number of amidine groups is 1. The van der Waals surface area contributed by atoms with Crippen LogP contribution in [0.4, 0.5) is 4.79 Å². The van der Waals surface area contributed by atoms with Crippen LogP contribution in [0.5, 0.6) is 0 Å². The zero-order valence-corrected chi connectivity index (χ0v) is 12.5. The summed E-state index contributed by atoms with van der Waals surface area (Å²) in [5, 5.41) is 7.50. The minimum Gasteiger partial charge on any atom is -0.386 e. The predicted octanol–water partition coefficient (Wildman–Crippen LogP) is 0.924. The van der Waals surface area contributed by atoms with Gasteiger partial charge in [-0.1, -0.05) is 12.8 Å². The third-order valence-corrected chi connectivity index (χ3v) is 4.46. The third kappa shape index (κ3) is 3.62. The standard InChI is InChI=1S/C14H27N5O/c1-12(13(15)16)17-8-10-19(11-9-17)14(20)18-6-4-2-3-5-7-18/h12H,2-11H2,1H3,(H3,15,16). The molecule has 0 radical (unpaired) electrons. The largest absolute Gasteiger partial charge is 0.386 e. The Morgan fingerprint density at radius 3 is 1.95 bits per heavy atom. The third-order valence-electron chi connectivity index (χ3n) is 4.46. The number of nitrogens with two attached hydrogens (primary N) is 1. The fraction of sp³-hybridized carbons (Fsp3) is 0.857. The topological polar surface area (TPSA) is 76.7 Å². The molecule has 2 amide bonds. The average Bonchev–Trinajstić information content (AvgIpc) is 2.75. The Kier molecular flexibility index (Phi) is 5.23. The number of urea groups is 1. The molecule has 2 fully saturated rings. The first kappa shape index (κ1) is 15.1. The summed E-state index contributed by atoms with van der Waals surface area (Å²) >= 11 is 0. The van der Waals surface area contributed by atoms with Crippen molar-refractivity contribution in [1.82, 2.24) is 14.7 Å². The van der Waals surface area contributed by atoms with E-state index in [1.54, 1.807) is 0 Å². The number of carbonyl (C=O) groups excluding carboxylic acids is 1. The smallest absolute Gasteiger partial charge is 0.320 e. The van der Waals surface area contributed by atoms with Crippen LogP contribution in [0.15, 0.2) is 0 Å². The van der Waals surface area contributed by atoms with E-state index in [0.717, 1.165) is 52.1 Å². The Bertz CT molecular complexity index is 343. The summed E-state index contributed by atoms with van der Waals surface area (Å²) in [7, 11) is 0. The van der Waals surface area contributed by atoms with E-state index in [-0.39, 0.29) is 17.9 Å². The minimum atomic E-state index is -0.0227. The van der Waals surface area contributed by atoms with Crippen LogP contribution in [0.3, 0.4) is 0 Å². The molecular weight excluding hydrogens is 254 g/mol. The van der Waals surface area contributed by atoms with Crippen molar-refractivity contribution >= 4 is 11.9 Å². The zero-order chi connectivity index (χ0) is 14.5. The van der Waals surface area contributed by atoms with E-state index in [4.69, 9.17) is 11.1 Å². The normalized spacial score (nSPS) is 23.2. The molecule has 0 aromatic heterocycles. The van der Waals surface area contributed by atoms with Gasteiger partial charge in [0.2, 0.25) is 0 Å². The van der Waals surface area contributed by atoms with E-state index in [0.29, 0.717) is 0 Å². The fourth-order valence-electron chi connectivity index (χ4n) is 2.96. The van der Waals surface area contributed by atoms with Gasteiger partial charge >= 0.3 is 6.03 Å². The van der Waals surface area contributed by atoms with Crippen molar-refractivity contribution < 1.29 is 4.79 Å². The summed E-state index contributed by atoms with van der Waals surface area (Å²) in [6.45, 7) is 6.86. The lowest BCUT2D eigenvalue weighted by atomic mass is 10.2. The maximum atomic E-state index is 12.5. The van der Waals surface area contributed by atoms with Gasteiger partial charge in [-0.15, -0.1) is 0 Å². The van der Waals surface area contributed by atoms with Crippen molar-refractivity contribution in [3.8, 4) is 0 Å². The van der Waals surface area contributed by atoms with Gasteiger partial charge in [0.15, 0.2) is 0 Å². The molecule has 0 aliphatic carbocycles. The lowest BCUT2D eigenvalue weighted by Crippen LogP contribution is -2.56. The van der Waals surface area contributed by atoms with E-state index in [1.807, 2.05) is 16.7 Å². The molecule has 1 atom stereocenters. The number of hydrogen-bond acceptors (Lipinski definition) is 3. The van der Waals surface area contributed by atoms with Crippen molar-refractivity contribution in [2.24, 2.45) is 5.73 Å². The van der Waals surface area contributed by atoms with E-state index in [1.165, 1.54) is 12.8 Å². The van der Waals surface area contributed by atoms with E-state index in [9.17, 15) is 4.79 Å². The van der Waals surface area contributed by atoms with Gasteiger partial charge in [-0.25, -0.2) is 4.79 Å². The van der Waals surface area contributed by atoms with Crippen LogP contribution in [0.25, 0.3) is 0 Å². The van der Waals surface area contributed by atoms with Crippen molar-refractivity contribution in [1.29, 1.82) is 5.41 Å². The molecule has 2 rings (SSSR count). The Morgan fingerprint density at radius 2 is 1.45 bits per heavy atom. The summed E-state index contributed by atoms with van der Waals surface area (Å²) in [6.07, 6.45) is 4.75. The second kappa shape index (κ2) is 6.92. The average molecular weight is 281 g/mol. The van der Waals surface area contributed by atoms with Gasteiger partial charge in [0.25, 0.3) is 0 Å². The summed E-state index contributed by atoms with van der Waals surface area (Å²) in [5.41, 5.74) is 5.55. The van der Waals surface area contributed by atoms with Gasteiger partial charge in [0.1, 0.15) is 5.84 Å². The van der Waals surface area contributed by atoms with Crippen LogP contribution in [0, 0.1) is 5.41 Å². The molecule has 2 aliphatic heterocycles. The predicted molar refractivity (Wildman–Crippen MR) is 80.0 cm³/mol. The van der Waals surface area contributed by atoms with Crippen LogP contribution < -0.4 is 5.73 Å². The highest BCUT2D eigenvalue weighted by atomic mass is 16.2. The molecule has 0 saturated carbocycles. The quantitative estimate of drug-likeness (QED) is 0.584. The lowest BCUT2D eigenvalue weighted by molar-refractivity contribution is 0.108. The molecule has 0 spiro atoms. The number of nitrogens with one attached hydrogen (secondary N) is 1. The number of carbonyl (C=O) groups is 1. The van der Waals surface area contributed by atoms with Crippen LogP contribution >= 0.6 is 0 Å². The van der Waals surface area contributed by atoms with Gasteiger partial charge in [-0.05, 0) is 19.8 Å². The first-order chi connectivity index (χ1) is 9.59. The molecule has 2 saturated heterocycles. The first-order valence-electron chi connectivity index (χ1n) is 7.71. The summed E-state index contributed by atoms with van der Waals surface area (Å²) in [5.74, 6) is 0.206. The molecular formula is C14H27N5O. The number of amides is 2. The number of rotatable bonds is 2. The molecule has 0 aromatic carbocycles. The van der Waals surface area contributed by atoms with Crippen LogP contribution in [0.1, 0.15) is 32.6 Å². The van der Waals surface area contributed by atoms with Crippen LogP contribution in [-0.2, 0) is 0 Å². The highest BCUT2D eigenvalue weighted by Crippen LogP contribution is 2.14. The van der Waals surface area contributed by atoms with Crippen molar-refractivity contribution in [2.75, 3.05) is 39.3 Å². The number of piperazine rings is 1. The van der Waals surface area contributed by atoms with Crippen molar-refractivity contribution in [3.63, 3.8) is 0 Å². The van der Waals surface area contributed by atoms with E-state index >= 15 is 0 Å². The Balaban J connectivity index is 1.83. The highest BCUT2D eigenvalue weighted by molar-refractivity contribution is 5.82. The number of nitrogens with zero attached hydrogens (tertiary/aromatic N) is 3. The lowest BCUT2D eigenvalue weighted by Gasteiger charge is -2.39. The Labute approximate surface area is 121 Å². The van der Waals surface area contributed by atoms with E-state index < -0.39 is 0 Å². The van der Waals surface area contributed by atoms with Gasteiger partial charge in [0, 0.05) is 39.3 Å². The first-order valence-corrected chi connectivity index (χ1v) is 7.71. The molecule has 2 heterocycles. The highest BCUT2D eigenvalue weighted by Gasteiger charge is 2.27. The molecule has 3 N–H and O–H groups in total. The molecule has 6 heteroatoms. The monoisotopic (exact) mass is 281 g/mol. The Morgan fingerprint density at radius 1 is 0.950 bits per heavy atom.